The topological polar surface area (TPSA) is 0 Å². The zero-order valence-corrected chi connectivity index (χ0v) is 8.79. The molecule has 1 fully saturated rings. The van der Waals surface area contributed by atoms with E-state index in [-0.39, 0.29) is 7.95 Å². The van der Waals surface area contributed by atoms with Crippen LogP contribution in [0.2, 0.25) is 12.1 Å². The monoisotopic (exact) mass is 148 g/mol. The minimum Gasteiger partial charge on any atom is -0.221 e. The molecule has 1 aliphatic heterocycles. The summed E-state index contributed by atoms with van der Waals surface area (Å²) in [6, 6.07) is 3.29. The summed E-state index contributed by atoms with van der Waals surface area (Å²) in [6.45, 7) is 0. The third-order valence-corrected chi connectivity index (χ3v) is 13.8. The second kappa shape index (κ2) is 2.94. The molecule has 0 amide bonds. The van der Waals surface area contributed by atoms with E-state index in [9.17, 15) is 0 Å². The van der Waals surface area contributed by atoms with Gasteiger partial charge in [0.1, 0.15) is 0 Å². The Kier molecular flexibility index (Phi) is 2.48. The summed E-state index contributed by atoms with van der Waals surface area (Å²) >= 11 is 0. The van der Waals surface area contributed by atoms with Crippen molar-refractivity contribution in [3.8, 4) is 0 Å². The van der Waals surface area contributed by atoms with E-state index in [4.69, 9.17) is 0 Å². The van der Waals surface area contributed by atoms with Crippen LogP contribution in [0, 0.1) is 0 Å². The van der Waals surface area contributed by atoms with Gasteiger partial charge >= 0.3 is 0 Å². The standard InChI is InChI=1S/C4H12SSi2/c6-5-7-3-1-2-4-7/h7H,1-4H2,6H3. The molecule has 1 heterocycles. The van der Waals surface area contributed by atoms with Crippen molar-refractivity contribution >= 4 is 28.0 Å². The first kappa shape index (κ1) is 5.91. The first-order valence-electron chi connectivity index (χ1n) is 2.96. The second-order valence-corrected chi connectivity index (χ2v) is 12.7. The molecule has 42 valence electrons. The van der Waals surface area contributed by atoms with E-state index < -0.39 is 0 Å². The molecular formula is C4H12SSi2. The predicted octanol–water partition coefficient (Wildman–Crippen LogP) is 0.518. The van der Waals surface area contributed by atoms with E-state index in [2.05, 4.69) is 10.7 Å². The molecule has 7 heavy (non-hydrogen) atoms. The lowest BCUT2D eigenvalue weighted by molar-refractivity contribution is 0.935. The molecule has 0 aromatic carbocycles. The fourth-order valence-electron chi connectivity index (χ4n) is 1.12. The third-order valence-electron chi connectivity index (χ3n) is 1.64. The van der Waals surface area contributed by atoms with E-state index >= 15 is 0 Å². The van der Waals surface area contributed by atoms with Gasteiger partial charge in [-0.2, -0.15) is 0 Å². The summed E-state index contributed by atoms with van der Waals surface area (Å²) in [6.07, 6.45) is 3.12. The van der Waals surface area contributed by atoms with Crippen molar-refractivity contribution in [2.45, 2.75) is 24.9 Å². The molecule has 1 saturated heterocycles. The van der Waals surface area contributed by atoms with E-state index in [0.29, 0.717) is 0 Å². The molecule has 0 aromatic rings. The molecule has 3 heteroatoms. The van der Waals surface area contributed by atoms with Gasteiger partial charge in [0.25, 0.3) is 0 Å². The smallest absolute Gasteiger partial charge is 0.0926 e. The van der Waals surface area contributed by atoms with E-state index in [0.717, 1.165) is 0 Å². The lowest BCUT2D eigenvalue weighted by Crippen LogP contribution is -1.96. The lowest BCUT2D eigenvalue weighted by Gasteiger charge is -1.97. The highest BCUT2D eigenvalue weighted by atomic mass is 32.5. The highest BCUT2D eigenvalue weighted by molar-refractivity contribution is 8.41. The fraction of sp³-hybridized carbons (Fsp3) is 1.00. The summed E-state index contributed by atoms with van der Waals surface area (Å²) < 4.78 is 0. The Balaban J connectivity index is 2.14. The molecule has 1 aliphatic rings. The molecule has 0 unspecified atom stereocenters. The Bertz CT molecular complexity index is 51.7. The Morgan fingerprint density at radius 2 is 1.86 bits per heavy atom. The molecule has 0 aliphatic carbocycles. The van der Waals surface area contributed by atoms with Gasteiger partial charge in [-0.05, 0) is 0 Å². The predicted molar refractivity (Wildman–Crippen MR) is 43.5 cm³/mol. The van der Waals surface area contributed by atoms with Crippen molar-refractivity contribution in [3.63, 3.8) is 0 Å². The molecule has 0 N–H and O–H groups in total. The molecule has 0 spiro atoms. The van der Waals surface area contributed by atoms with Crippen molar-refractivity contribution in [3.05, 3.63) is 0 Å². The maximum absolute atomic E-state index is 2.31. The van der Waals surface area contributed by atoms with Crippen LogP contribution in [0.3, 0.4) is 0 Å². The summed E-state index contributed by atoms with van der Waals surface area (Å²) in [5, 5.41) is 0. The zero-order chi connectivity index (χ0) is 5.11. The molecule has 0 nitrogen and oxygen atoms in total. The van der Waals surface area contributed by atoms with Crippen LogP contribution in [0.15, 0.2) is 0 Å². The first-order valence-corrected chi connectivity index (χ1v) is 9.75. The van der Waals surface area contributed by atoms with Gasteiger partial charge in [-0.3, -0.25) is 0 Å². The molecule has 0 radical (unpaired) electrons. The Hall–Kier alpha value is 0.784. The average molecular weight is 148 g/mol. The largest absolute Gasteiger partial charge is 0.221 e. The van der Waals surface area contributed by atoms with Gasteiger partial charge in [-0.15, -0.1) is 0 Å². The van der Waals surface area contributed by atoms with Crippen molar-refractivity contribution in [2.75, 3.05) is 0 Å². The van der Waals surface area contributed by atoms with Crippen molar-refractivity contribution in [1.82, 2.24) is 0 Å². The minimum absolute atomic E-state index is 0.0818. The summed E-state index contributed by atoms with van der Waals surface area (Å²) in [4.78, 5) is 0. The summed E-state index contributed by atoms with van der Waals surface area (Å²) in [7, 11) is 3.64. The highest BCUT2D eigenvalue weighted by Gasteiger charge is 2.13. The van der Waals surface area contributed by atoms with Gasteiger partial charge in [-0.1, -0.05) is 24.9 Å². The first-order chi connectivity index (χ1) is 3.43. The average Bonchev–Trinajstić information content (AvgIpc) is 2.14. The SMILES string of the molecule is [SiH3]S[SiH]1CCCC1. The van der Waals surface area contributed by atoms with Crippen LogP contribution in [0.25, 0.3) is 0 Å². The second-order valence-electron chi connectivity index (χ2n) is 2.14. The Morgan fingerprint density at radius 3 is 2.14 bits per heavy atom. The molecule has 0 bridgehead atoms. The Morgan fingerprint density at radius 1 is 1.29 bits per heavy atom. The Labute approximate surface area is 53.4 Å². The van der Waals surface area contributed by atoms with Gasteiger partial charge in [-0.25, -0.2) is 10.7 Å². The number of hydrogen-bond donors (Lipinski definition) is 0. The molecule has 0 atom stereocenters. The van der Waals surface area contributed by atoms with Crippen LogP contribution in [-0.2, 0) is 0 Å². The number of rotatable bonds is 1. The minimum atomic E-state index is -0.0818. The molecule has 0 saturated carbocycles. The quantitative estimate of drug-likeness (QED) is 0.489. The third kappa shape index (κ3) is 1.62. The lowest BCUT2D eigenvalue weighted by atomic mass is 10.4. The van der Waals surface area contributed by atoms with Crippen LogP contribution < -0.4 is 0 Å². The molecule has 0 aromatic heterocycles. The van der Waals surface area contributed by atoms with Crippen molar-refractivity contribution in [1.29, 1.82) is 0 Å². The fourth-order valence-corrected chi connectivity index (χ4v) is 10.0. The summed E-state index contributed by atoms with van der Waals surface area (Å²) in [5.41, 5.74) is 0. The van der Waals surface area contributed by atoms with Gasteiger partial charge < -0.3 is 0 Å². The van der Waals surface area contributed by atoms with Crippen molar-refractivity contribution in [2.24, 2.45) is 0 Å². The van der Waals surface area contributed by atoms with Gasteiger partial charge in [0.05, 0.1) is 17.3 Å². The molecular weight excluding hydrogens is 136 g/mol. The van der Waals surface area contributed by atoms with Gasteiger partial charge in [0.2, 0.25) is 0 Å². The normalized spacial score (nSPS) is 24.0. The van der Waals surface area contributed by atoms with E-state index in [1.807, 2.05) is 0 Å². The zero-order valence-electron chi connectivity index (χ0n) is 4.81. The van der Waals surface area contributed by atoms with Crippen LogP contribution >= 0.6 is 10.7 Å². The maximum atomic E-state index is 2.31. The maximum Gasteiger partial charge on any atom is 0.0926 e. The van der Waals surface area contributed by atoms with Crippen LogP contribution in [0.1, 0.15) is 12.8 Å². The molecule has 1 rings (SSSR count). The van der Waals surface area contributed by atoms with Crippen LogP contribution in [0.4, 0.5) is 0 Å². The van der Waals surface area contributed by atoms with E-state index in [1.54, 1.807) is 24.9 Å². The highest BCUT2D eigenvalue weighted by Crippen LogP contribution is 2.24. The van der Waals surface area contributed by atoms with Crippen molar-refractivity contribution < 1.29 is 0 Å². The van der Waals surface area contributed by atoms with Gasteiger partial charge in [0, 0.05) is 0 Å². The van der Waals surface area contributed by atoms with Crippen LogP contribution in [-0.4, -0.2) is 17.3 Å². The van der Waals surface area contributed by atoms with Gasteiger partial charge in [0.15, 0.2) is 0 Å². The van der Waals surface area contributed by atoms with Crippen LogP contribution in [0.5, 0.6) is 0 Å². The summed E-state index contributed by atoms with van der Waals surface area (Å²) in [5.74, 6) is 0. The van der Waals surface area contributed by atoms with E-state index in [1.165, 1.54) is 9.39 Å². The number of hydrogen-bond acceptors (Lipinski definition) is 1.